The molecule has 3 nitrogen and oxygen atoms in total. The van der Waals surface area contributed by atoms with E-state index in [4.69, 9.17) is 5.11 Å². The van der Waals surface area contributed by atoms with Gasteiger partial charge in [-0.1, -0.05) is 32.6 Å². The number of aliphatic hydroxyl groups excluding tert-OH is 1. The number of anilines is 1. The predicted octanol–water partition coefficient (Wildman–Crippen LogP) is 2.41. The Morgan fingerprint density at radius 2 is 1.89 bits per heavy atom. The van der Waals surface area contributed by atoms with Crippen molar-refractivity contribution < 1.29 is 9.90 Å². The van der Waals surface area contributed by atoms with E-state index >= 15 is 0 Å². The molecule has 0 bridgehead atoms. The van der Waals surface area contributed by atoms with E-state index in [1.807, 2.05) is 45.0 Å². The lowest BCUT2D eigenvalue weighted by Gasteiger charge is -2.17. The Bertz CT molecular complexity index is 458. The molecule has 1 rings (SSSR count). The average molecular weight is 245 g/mol. The van der Waals surface area contributed by atoms with Crippen molar-refractivity contribution in [3.63, 3.8) is 0 Å². The van der Waals surface area contributed by atoms with Gasteiger partial charge >= 0.3 is 0 Å². The van der Waals surface area contributed by atoms with Gasteiger partial charge in [-0.3, -0.25) is 4.79 Å². The molecule has 96 valence electrons. The van der Waals surface area contributed by atoms with Gasteiger partial charge in [0.25, 0.3) is 0 Å². The lowest BCUT2D eigenvalue weighted by Crippen LogP contribution is -2.19. The van der Waals surface area contributed by atoms with E-state index in [0.717, 1.165) is 11.3 Å². The zero-order valence-corrected chi connectivity index (χ0v) is 11.1. The Morgan fingerprint density at radius 1 is 1.28 bits per heavy atom. The van der Waals surface area contributed by atoms with Crippen molar-refractivity contribution in [2.75, 3.05) is 11.9 Å². The van der Waals surface area contributed by atoms with Crippen molar-refractivity contribution in [3.8, 4) is 11.8 Å². The molecule has 1 amide bonds. The molecular formula is C15H19NO2. The molecule has 0 aliphatic carbocycles. The Hall–Kier alpha value is -1.79. The van der Waals surface area contributed by atoms with Gasteiger partial charge in [-0.15, -0.1) is 0 Å². The van der Waals surface area contributed by atoms with Crippen LogP contribution < -0.4 is 5.32 Å². The highest BCUT2D eigenvalue weighted by atomic mass is 16.2. The van der Waals surface area contributed by atoms with Crippen molar-refractivity contribution in [2.24, 2.45) is 5.41 Å². The molecule has 0 atom stereocenters. The van der Waals surface area contributed by atoms with Crippen LogP contribution in [0.15, 0.2) is 24.3 Å². The van der Waals surface area contributed by atoms with Gasteiger partial charge in [-0.05, 0) is 29.7 Å². The minimum absolute atomic E-state index is 0.0108. The Morgan fingerprint density at radius 3 is 2.39 bits per heavy atom. The first kappa shape index (κ1) is 14.3. The summed E-state index contributed by atoms with van der Waals surface area (Å²) in [6.45, 7) is 5.94. The third-order valence-electron chi connectivity index (χ3n) is 2.17. The highest BCUT2D eigenvalue weighted by Gasteiger charge is 2.15. The van der Waals surface area contributed by atoms with Gasteiger partial charge in [0.2, 0.25) is 5.91 Å². The third-order valence-corrected chi connectivity index (χ3v) is 2.17. The van der Waals surface area contributed by atoms with E-state index in [2.05, 4.69) is 17.2 Å². The maximum atomic E-state index is 11.7. The summed E-state index contributed by atoms with van der Waals surface area (Å²) in [6.07, 6.45) is 0.485. The summed E-state index contributed by atoms with van der Waals surface area (Å²) < 4.78 is 0. The number of nitrogens with one attached hydrogen (secondary N) is 1. The van der Waals surface area contributed by atoms with E-state index in [1.54, 1.807) is 0 Å². The molecule has 0 radical (unpaired) electrons. The van der Waals surface area contributed by atoms with Crippen molar-refractivity contribution in [3.05, 3.63) is 29.8 Å². The van der Waals surface area contributed by atoms with E-state index in [1.165, 1.54) is 0 Å². The first-order chi connectivity index (χ1) is 8.40. The van der Waals surface area contributed by atoms with Crippen molar-refractivity contribution in [1.29, 1.82) is 0 Å². The van der Waals surface area contributed by atoms with Crippen LogP contribution in [0.25, 0.3) is 0 Å². The van der Waals surface area contributed by atoms with Crippen LogP contribution in [0.4, 0.5) is 5.69 Å². The van der Waals surface area contributed by atoms with Crippen LogP contribution >= 0.6 is 0 Å². The number of benzene rings is 1. The first-order valence-corrected chi connectivity index (χ1v) is 5.90. The summed E-state index contributed by atoms with van der Waals surface area (Å²) in [5, 5.41) is 11.4. The topological polar surface area (TPSA) is 49.3 Å². The number of hydrogen-bond acceptors (Lipinski definition) is 2. The lowest BCUT2D eigenvalue weighted by atomic mass is 9.92. The van der Waals surface area contributed by atoms with Crippen LogP contribution in [0.3, 0.4) is 0 Å². The van der Waals surface area contributed by atoms with Crippen LogP contribution in [-0.2, 0) is 4.79 Å². The molecule has 1 aromatic rings. The van der Waals surface area contributed by atoms with Gasteiger partial charge in [-0.2, -0.15) is 0 Å². The normalized spacial score (nSPS) is 10.4. The number of rotatable bonds is 2. The molecule has 1 aromatic carbocycles. The van der Waals surface area contributed by atoms with Crippen LogP contribution in [0.5, 0.6) is 0 Å². The third kappa shape index (κ3) is 5.51. The quantitative estimate of drug-likeness (QED) is 0.786. The standard InChI is InChI=1S/C15H19NO2/c1-15(2,3)11-14(18)16-13-8-6-12(7-9-13)5-4-10-17/h6-9,17H,10-11H2,1-3H3,(H,16,18). The molecule has 0 unspecified atom stereocenters. The highest BCUT2D eigenvalue weighted by Crippen LogP contribution is 2.19. The predicted molar refractivity (Wildman–Crippen MR) is 73.1 cm³/mol. The molecule has 0 spiro atoms. The summed E-state index contributed by atoms with van der Waals surface area (Å²) >= 11 is 0. The second-order valence-electron chi connectivity index (χ2n) is 5.32. The van der Waals surface area contributed by atoms with E-state index < -0.39 is 0 Å². The van der Waals surface area contributed by atoms with Crippen LogP contribution in [0.2, 0.25) is 0 Å². The van der Waals surface area contributed by atoms with E-state index in [-0.39, 0.29) is 17.9 Å². The van der Waals surface area contributed by atoms with E-state index in [0.29, 0.717) is 6.42 Å². The minimum atomic E-state index is -0.149. The summed E-state index contributed by atoms with van der Waals surface area (Å²) in [5.41, 5.74) is 1.56. The molecule has 0 fully saturated rings. The van der Waals surface area contributed by atoms with Gasteiger partial charge in [-0.25, -0.2) is 0 Å². The average Bonchev–Trinajstić information content (AvgIpc) is 2.25. The fourth-order valence-electron chi connectivity index (χ4n) is 1.47. The van der Waals surface area contributed by atoms with Crippen molar-refractivity contribution in [2.45, 2.75) is 27.2 Å². The Labute approximate surface area is 108 Å². The largest absolute Gasteiger partial charge is 0.384 e. The molecular weight excluding hydrogens is 226 g/mol. The van der Waals surface area contributed by atoms with Gasteiger partial charge in [0, 0.05) is 17.7 Å². The van der Waals surface area contributed by atoms with Gasteiger partial charge < -0.3 is 10.4 Å². The Balaban J connectivity index is 2.61. The molecule has 0 aromatic heterocycles. The number of carbonyl (C=O) groups excluding carboxylic acids is 1. The maximum Gasteiger partial charge on any atom is 0.224 e. The summed E-state index contributed by atoms with van der Waals surface area (Å²) in [5.74, 6) is 5.39. The first-order valence-electron chi connectivity index (χ1n) is 5.90. The van der Waals surface area contributed by atoms with Gasteiger partial charge in [0.05, 0.1) is 0 Å². The summed E-state index contributed by atoms with van der Waals surface area (Å²) in [4.78, 5) is 11.7. The smallest absolute Gasteiger partial charge is 0.224 e. The zero-order chi connectivity index (χ0) is 13.6. The highest BCUT2D eigenvalue weighted by molar-refractivity contribution is 5.91. The van der Waals surface area contributed by atoms with E-state index in [9.17, 15) is 4.79 Å². The van der Waals surface area contributed by atoms with Crippen LogP contribution in [0.1, 0.15) is 32.8 Å². The molecule has 0 heterocycles. The SMILES string of the molecule is CC(C)(C)CC(=O)Nc1ccc(C#CCO)cc1. The number of aliphatic hydroxyl groups is 1. The monoisotopic (exact) mass is 245 g/mol. The maximum absolute atomic E-state index is 11.7. The molecule has 0 saturated heterocycles. The van der Waals surface area contributed by atoms with Crippen molar-refractivity contribution >= 4 is 11.6 Å². The fraction of sp³-hybridized carbons (Fsp3) is 0.400. The molecule has 0 aliphatic rings. The van der Waals surface area contributed by atoms with Gasteiger partial charge in [0.15, 0.2) is 0 Å². The number of carbonyl (C=O) groups is 1. The molecule has 2 N–H and O–H groups in total. The second kappa shape index (κ2) is 6.23. The Kier molecular flexibility index (Phi) is 4.94. The van der Waals surface area contributed by atoms with Crippen LogP contribution in [-0.4, -0.2) is 17.6 Å². The molecule has 0 aliphatic heterocycles. The van der Waals surface area contributed by atoms with Crippen LogP contribution in [0, 0.1) is 17.3 Å². The molecule has 0 saturated carbocycles. The molecule has 3 heteroatoms. The lowest BCUT2D eigenvalue weighted by molar-refractivity contribution is -0.117. The molecule has 18 heavy (non-hydrogen) atoms. The second-order valence-corrected chi connectivity index (χ2v) is 5.32. The zero-order valence-electron chi connectivity index (χ0n) is 11.1. The number of hydrogen-bond donors (Lipinski definition) is 2. The van der Waals surface area contributed by atoms with Gasteiger partial charge in [0.1, 0.15) is 6.61 Å². The summed E-state index contributed by atoms with van der Waals surface area (Å²) in [7, 11) is 0. The minimum Gasteiger partial charge on any atom is -0.384 e. The van der Waals surface area contributed by atoms with Crippen molar-refractivity contribution in [1.82, 2.24) is 0 Å². The fourth-order valence-corrected chi connectivity index (χ4v) is 1.47. The summed E-state index contributed by atoms with van der Waals surface area (Å²) in [6, 6.07) is 7.24. The number of amides is 1.